The molecular weight excluding hydrogens is 361 g/mol. The van der Waals surface area contributed by atoms with Crippen molar-refractivity contribution in [2.75, 3.05) is 23.3 Å². The summed E-state index contributed by atoms with van der Waals surface area (Å²) in [4.78, 5) is 25.0. The second kappa shape index (κ2) is 7.70. The van der Waals surface area contributed by atoms with Crippen molar-refractivity contribution in [3.8, 4) is 0 Å². The van der Waals surface area contributed by atoms with Crippen LogP contribution in [0, 0.1) is 15.9 Å². The zero-order chi connectivity index (χ0) is 18.7. The Labute approximate surface area is 154 Å². The molecule has 1 fully saturated rings. The highest BCUT2D eigenvalue weighted by Crippen LogP contribution is 2.30. The summed E-state index contributed by atoms with van der Waals surface area (Å²) < 4.78 is 13.7. The number of hydrogen-bond donors (Lipinski definition) is 1. The standard InChI is InChI=1S/C18H17ClFN3O3/c19-14-6-4-12(10-17(14)23(25)26)18(24)21-15-11-13(20)5-7-16(15)22-8-2-1-3-9-22/h4-7,10-11H,1-3,8-9H2,(H,21,24). The maximum Gasteiger partial charge on any atom is 0.288 e. The van der Waals surface area contributed by atoms with Gasteiger partial charge < -0.3 is 10.2 Å². The number of nitro groups is 1. The van der Waals surface area contributed by atoms with Gasteiger partial charge in [0.05, 0.1) is 16.3 Å². The highest BCUT2D eigenvalue weighted by molar-refractivity contribution is 6.32. The number of piperidine rings is 1. The summed E-state index contributed by atoms with van der Waals surface area (Å²) in [6.07, 6.45) is 3.22. The van der Waals surface area contributed by atoms with Crippen LogP contribution in [-0.4, -0.2) is 23.9 Å². The Balaban J connectivity index is 1.88. The minimum atomic E-state index is -0.652. The van der Waals surface area contributed by atoms with Crippen molar-refractivity contribution in [1.82, 2.24) is 0 Å². The molecule has 6 nitrogen and oxygen atoms in total. The number of halogens is 2. The Hall–Kier alpha value is -2.67. The van der Waals surface area contributed by atoms with E-state index in [2.05, 4.69) is 10.2 Å². The predicted octanol–water partition coefficient (Wildman–Crippen LogP) is 4.63. The van der Waals surface area contributed by atoms with Crippen LogP contribution in [0.5, 0.6) is 0 Å². The third-order valence-corrected chi connectivity index (χ3v) is 4.63. The van der Waals surface area contributed by atoms with Crippen molar-refractivity contribution >= 4 is 34.6 Å². The zero-order valence-electron chi connectivity index (χ0n) is 13.9. The number of rotatable bonds is 4. The van der Waals surface area contributed by atoms with Crippen molar-refractivity contribution in [3.63, 3.8) is 0 Å². The normalized spacial score (nSPS) is 14.2. The number of carbonyl (C=O) groups is 1. The lowest BCUT2D eigenvalue weighted by Gasteiger charge is -2.30. The molecule has 8 heteroatoms. The first-order valence-electron chi connectivity index (χ1n) is 8.25. The number of nitrogens with one attached hydrogen (secondary N) is 1. The highest BCUT2D eigenvalue weighted by Gasteiger charge is 2.19. The van der Waals surface area contributed by atoms with Crippen LogP contribution in [-0.2, 0) is 0 Å². The lowest BCUT2D eigenvalue weighted by molar-refractivity contribution is -0.384. The first-order chi connectivity index (χ1) is 12.5. The van der Waals surface area contributed by atoms with E-state index in [1.807, 2.05) is 0 Å². The van der Waals surface area contributed by atoms with Gasteiger partial charge in [0, 0.05) is 24.7 Å². The topological polar surface area (TPSA) is 75.5 Å². The molecule has 0 radical (unpaired) electrons. The quantitative estimate of drug-likeness (QED) is 0.622. The van der Waals surface area contributed by atoms with Crippen molar-refractivity contribution in [2.45, 2.75) is 19.3 Å². The average molecular weight is 378 g/mol. The molecule has 2 aromatic carbocycles. The highest BCUT2D eigenvalue weighted by atomic mass is 35.5. The number of hydrogen-bond acceptors (Lipinski definition) is 4. The summed E-state index contributed by atoms with van der Waals surface area (Å²) in [5.41, 5.74) is 0.808. The van der Waals surface area contributed by atoms with Crippen LogP contribution in [0.3, 0.4) is 0 Å². The average Bonchev–Trinajstić information content (AvgIpc) is 2.62. The van der Waals surface area contributed by atoms with Crippen LogP contribution in [0.15, 0.2) is 36.4 Å². The summed E-state index contributed by atoms with van der Waals surface area (Å²) in [5, 5.41) is 13.6. The largest absolute Gasteiger partial charge is 0.370 e. The van der Waals surface area contributed by atoms with Gasteiger partial charge in [-0.05, 0) is 49.6 Å². The maximum atomic E-state index is 13.7. The molecule has 0 aromatic heterocycles. The fraction of sp³-hybridized carbons (Fsp3) is 0.278. The lowest BCUT2D eigenvalue weighted by Crippen LogP contribution is -2.30. The Morgan fingerprint density at radius 3 is 2.58 bits per heavy atom. The number of benzene rings is 2. The molecule has 2 aromatic rings. The molecular formula is C18H17ClFN3O3. The second-order valence-electron chi connectivity index (χ2n) is 6.09. The first-order valence-corrected chi connectivity index (χ1v) is 8.63. The minimum Gasteiger partial charge on any atom is -0.370 e. The maximum absolute atomic E-state index is 13.7. The summed E-state index contributed by atoms with van der Waals surface area (Å²) in [5.74, 6) is -1.03. The molecule has 1 aliphatic rings. The van der Waals surface area contributed by atoms with Crippen molar-refractivity contribution in [2.24, 2.45) is 0 Å². The third kappa shape index (κ3) is 3.94. The molecule has 1 N–H and O–H groups in total. The van der Waals surface area contributed by atoms with Gasteiger partial charge in [-0.3, -0.25) is 14.9 Å². The van der Waals surface area contributed by atoms with Gasteiger partial charge in [-0.15, -0.1) is 0 Å². The zero-order valence-corrected chi connectivity index (χ0v) is 14.6. The van der Waals surface area contributed by atoms with Gasteiger partial charge in [0.2, 0.25) is 0 Å². The van der Waals surface area contributed by atoms with Gasteiger partial charge in [-0.25, -0.2) is 4.39 Å². The van der Waals surface area contributed by atoms with E-state index in [0.29, 0.717) is 5.69 Å². The fourth-order valence-electron chi connectivity index (χ4n) is 3.01. The molecule has 1 aliphatic heterocycles. The van der Waals surface area contributed by atoms with Crippen LogP contribution < -0.4 is 10.2 Å². The summed E-state index contributed by atoms with van der Waals surface area (Å²) in [6.45, 7) is 1.67. The van der Waals surface area contributed by atoms with Crippen molar-refractivity contribution < 1.29 is 14.1 Å². The van der Waals surface area contributed by atoms with Gasteiger partial charge in [-0.1, -0.05) is 11.6 Å². The molecule has 3 rings (SSSR count). The van der Waals surface area contributed by atoms with Gasteiger partial charge in [0.15, 0.2) is 0 Å². The van der Waals surface area contributed by atoms with Crippen LogP contribution in [0.25, 0.3) is 0 Å². The van der Waals surface area contributed by atoms with E-state index in [1.165, 1.54) is 24.3 Å². The third-order valence-electron chi connectivity index (χ3n) is 4.31. The van der Waals surface area contributed by atoms with E-state index in [-0.39, 0.29) is 16.3 Å². The van der Waals surface area contributed by atoms with Crippen LogP contribution in [0.2, 0.25) is 5.02 Å². The Morgan fingerprint density at radius 2 is 1.88 bits per heavy atom. The monoisotopic (exact) mass is 377 g/mol. The van der Waals surface area contributed by atoms with E-state index in [1.54, 1.807) is 6.07 Å². The molecule has 0 aliphatic carbocycles. The second-order valence-corrected chi connectivity index (χ2v) is 6.49. The number of nitrogens with zero attached hydrogens (tertiary/aromatic N) is 2. The van der Waals surface area contributed by atoms with E-state index in [4.69, 9.17) is 11.6 Å². The Bertz CT molecular complexity index is 854. The van der Waals surface area contributed by atoms with Gasteiger partial charge >= 0.3 is 0 Å². The molecule has 136 valence electrons. The smallest absolute Gasteiger partial charge is 0.288 e. The number of nitro benzene ring substituents is 1. The molecule has 0 atom stereocenters. The molecule has 0 bridgehead atoms. The molecule has 26 heavy (non-hydrogen) atoms. The van der Waals surface area contributed by atoms with Gasteiger partial charge in [0.1, 0.15) is 10.8 Å². The van der Waals surface area contributed by atoms with Crippen molar-refractivity contribution in [3.05, 3.63) is 62.9 Å². The van der Waals surface area contributed by atoms with E-state index < -0.39 is 16.6 Å². The van der Waals surface area contributed by atoms with E-state index >= 15 is 0 Å². The van der Waals surface area contributed by atoms with E-state index in [9.17, 15) is 19.3 Å². The Kier molecular flexibility index (Phi) is 5.37. The van der Waals surface area contributed by atoms with Crippen LogP contribution >= 0.6 is 11.6 Å². The minimum absolute atomic E-state index is 0.0497. The Morgan fingerprint density at radius 1 is 1.15 bits per heavy atom. The number of carbonyl (C=O) groups excluding carboxylic acids is 1. The summed E-state index contributed by atoms with van der Waals surface area (Å²) in [6, 6.07) is 8.05. The summed E-state index contributed by atoms with van der Waals surface area (Å²) >= 11 is 5.77. The predicted molar refractivity (Wildman–Crippen MR) is 98.5 cm³/mol. The number of anilines is 2. The molecule has 0 unspecified atom stereocenters. The molecule has 1 saturated heterocycles. The molecule has 0 saturated carbocycles. The molecule has 1 amide bonds. The van der Waals surface area contributed by atoms with Crippen molar-refractivity contribution in [1.29, 1.82) is 0 Å². The first kappa shape index (κ1) is 18.1. The van der Waals surface area contributed by atoms with Gasteiger partial charge in [0.25, 0.3) is 11.6 Å². The van der Waals surface area contributed by atoms with Gasteiger partial charge in [-0.2, -0.15) is 0 Å². The number of amides is 1. The lowest BCUT2D eigenvalue weighted by atomic mass is 10.1. The molecule has 0 spiro atoms. The van der Waals surface area contributed by atoms with Crippen LogP contribution in [0.1, 0.15) is 29.6 Å². The van der Waals surface area contributed by atoms with Crippen LogP contribution in [0.4, 0.5) is 21.5 Å². The summed E-state index contributed by atoms with van der Waals surface area (Å²) in [7, 11) is 0. The molecule has 1 heterocycles. The fourth-order valence-corrected chi connectivity index (χ4v) is 3.19. The van der Waals surface area contributed by atoms with E-state index in [0.717, 1.165) is 44.1 Å². The SMILES string of the molecule is O=C(Nc1cc(F)ccc1N1CCCCC1)c1ccc(Cl)c([N+](=O)[O-])c1.